The van der Waals surface area contributed by atoms with Gasteiger partial charge in [0.2, 0.25) is 0 Å². The van der Waals surface area contributed by atoms with Gasteiger partial charge >= 0.3 is 5.97 Å². The van der Waals surface area contributed by atoms with Crippen LogP contribution in [0.5, 0.6) is 5.75 Å². The zero-order valence-electron chi connectivity index (χ0n) is 9.68. The van der Waals surface area contributed by atoms with Crippen molar-refractivity contribution in [3.05, 3.63) is 29.8 Å². The summed E-state index contributed by atoms with van der Waals surface area (Å²) in [4.78, 5) is 10.7. The molecule has 0 aliphatic heterocycles. The van der Waals surface area contributed by atoms with Crippen LogP contribution in [-0.2, 0) is 11.2 Å². The molecule has 0 amide bonds. The predicted octanol–water partition coefficient (Wildman–Crippen LogP) is 2.68. The van der Waals surface area contributed by atoms with Crippen molar-refractivity contribution in [2.45, 2.75) is 26.7 Å². The van der Waals surface area contributed by atoms with E-state index < -0.39 is 5.97 Å². The van der Waals surface area contributed by atoms with Crippen molar-refractivity contribution in [2.75, 3.05) is 0 Å². The summed E-state index contributed by atoms with van der Waals surface area (Å²) in [7, 11) is 0. The van der Waals surface area contributed by atoms with Crippen LogP contribution in [0.1, 0.15) is 25.8 Å². The van der Waals surface area contributed by atoms with E-state index in [2.05, 4.69) is 0 Å². The van der Waals surface area contributed by atoms with Crippen LogP contribution in [0, 0.1) is 11.8 Å². The van der Waals surface area contributed by atoms with Gasteiger partial charge in [0.15, 0.2) is 0 Å². The van der Waals surface area contributed by atoms with Crippen LogP contribution in [0.3, 0.4) is 0 Å². The molecule has 3 nitrogen and oxygen atoms in total. The van der Waals surface area contributed by atoms with Gasteiger partial charge in [0.1, 0.15) is 5.75 Å². The van der Waals surface area contributed by atoms with Gasteiger partial charge in [0, 0.05) is 0 Å². The quantitative estimate of drug-likeness (QED) is 0.805. The first-order chi connectivity index (χ1) is 7.49. The summed E-state index contributed by atoms with van der Waals surface area (Å²) < 4.78 is 0. The highest BCUT2D eigenvalue weighted by Gasteiger charge is 2.15. The van der Waals surface area contributed by atoms with E-state index in [0.29, 0.717) is 12.3 Å². The molecule has 1 rings (SSSR count). The van der Waals surface area contributed by atoms with Gasteiger partial charge in [-0.05, 0) is 36.5 Å². The number of carboxylic acid groups (broad SMARTS) is 1. The van der Waals surface area contributed by atoms with Crippen molar-refractivity contribution in [3.8, 4) is 5.75 Å². The Bertz CT molecular complexity index is 343. The molecule has 0 aliphatic carbocycles. The van der Waals surface area contributed by atoms with E-state index in [0.717, 1.165) is 12.0 Å². The molecule has 16 heavy (non-hydrogen) atoms. The lowest BCUT2D eigenvalue weighted by Gasteiger charge is -2.14. The lowest BCUT2D eigenvalue weighted by atomic mass is 9.92. The van der Waals surface area contributed by atoms with Crippen LogP contribution in [0.2, 0.25) is 0 Å². The van der Waals surface area contributed by atoms with Crippen LogP contribution in [0.4, 0.5) is 0 Å². The molecule has 2 atom stereocenters. The summed E-state index contributed by atoms with van der Waals surface area (Å²) in [5.74, 6) is -0.448. The third-order valence-corrected chi connectivity index (χ3v) is 2.70. The number of benzene rings is 1. The van der Waals surface area contributed by atoms with Crippen molar-refractivity contribution in [2.24, 2.45) is 11.8 Å². The van der Waals surface area contributed by atoms with Gasteiger partial charge in [0.25, 0.3) is 0 Å². The minimum absolute atomic E-state index is 0.260. The van der Waals surface area contributed by atoms with Gasteiger partial charge in [-0.2, -0.15) is 0 Å². The van der Waals surface area contributed by atoms with Crippen LogP contribution in [-0.4, -0.2) is 16.2 Å². The Labute approximate surface area is 95.7 Å². The lowest BCUT2D eigenvalue weighted by molar-refractivity contribution is -0.141. The Balaban J connectivity index is 2.48. The zero-order chi connectivity index (χ0) is 12.1. The molecular formula is C13H18O3. The van der Waals surface area contributed by atoms with Crippen molar-refractivity contribution < 1.29 is 15.0 Å². The number of rotatable bonds is 5. The maximum atomic E-state index is 10.7. The molecule has 0 saturated heterocycles. The zero-order valence-corrected chi connectivity index (χ0v) is 9.68. The molecule has 0 bridgehead atoms. The second kappa shape index (κ2) is 5.54. The first kappa shape index (κ1) is 12.6. The molecule has 0 spiro atoms. The summed E-state index contributed by atoms with van der Waals surface area (Å²) in [6, 6.07) is 7.06. The standard InChI is InChI=1S/C13H18O3/c1-9(7-10(2)13(15)16)8-11-3-5-12(14)6-4-11/h3-6,9-10,14H,7-8H2,1-2H3,(H,15,16). The Hall–Kier alpha value is -1.51. The normalized spacial score (nSPS) is 14.4. The Kier molecular flexibility index (Phi) is 4.35. The number of phenols is 1. The molecule has 2 unspecified atom stereocenters. The van der Waals surface area contributed by atoms with Gasteiger partial charge in [-0.1, -0.05) is 26.0 Å². The Morgan fingerprint density at radius 1 is 1.25 bits per heavy atom. The lowest BCUT2D eigenvalue weighted by Crippen LogP contribution is -2.14. The third-order valence-electron chi connectivity index (χ3n) is 2.70. The molecule has 3 heteroatoms. The van der Waals surface area contributed by atoms with E-state index in [1.807, 2.05) is 19.1 Å². The average molecular weight is 222 g/mol. The Morgan fingerprint density at radius 3 is 2.31 bits per heavy atom. The van der Waals surface area contributed by atoms with E-state index in [1.54, 1.807) is 19.1 Å². The number of phenolic OH excluding ortho intramolecular Hbond substituents is 1. The van der Waals surface area contributed by atoms with Crippen LogP contribution in [0.15, 0.2) is 24.3 Å². The fourth-order valence-electron chi connectivity index (χ4n) is 1.82. The van der Waals surface area contributed by atoms with Gasteiger partial charge in [0.05, 0.1) is 5.92 Å². The maximum absolute atomic E-state index is 10.7. The average Bonchev–Trinajstić information content (AvgIpc) is 2.21. The Morgan fingerprint density at radius 2 is 1.81 bits per heavy atom. The first-order valence-electron chi connectivity index (χ1n) is 5.49. The van der Waals surface area contributed by atoms with E-state index >= 15 is 0 Å². The van der Waals surface area contributed by atoms with Crippen LogP contribution in [0.25, 0.3) is 0 Å². The van der Waals surface area contributed by atoms with Gasteiger partial charge in [-0.25, -0.2) is 0 Å². The maximum Gasteiger partial charge on any atom is 0.306 e. The molecule has 0 fully saturated rings. The molecule has 0 aliphatic rings. The number of hydrogen-bond donors (Lipinski definition) is 2. The van der Waals surface area contributed by atoms with E-state index in [-0.39, 0.29) is 11.7 Å². The molecular weight excluding hydrogens is 204 g/mol. The highest BCUT2D eigenvalue weighted by molar-refractivity contribution is 5.69. The van der Waals surface area contributed by atoms with E-state index in [4.69, 9.17) is 10.2 Å². The van der Waals surface area contributed by atoms with Gasteiger partial charge in [-0.15, -0.1) is 0 Å². The second-order valence-electron chi connectivity index (χ2n) is 4.45. The SMILES string of the molecule is CC(Cc1ccc(O)cc1)CC(C)C(=O)O. The van der Waals surface area contributed by atoms with Gasteiger partial charge < -0.3 is 10.2 Å². The largest absolute Gasteiger partial charge is 0.508 e. The minimum atomic E-state index is -0.738. The number of aromatic hydroxyl groups is 1. The first-order valence-corrected chi connectivity index (χ1v) is 5.49. The smallest absolute Gasteiger partial charge is 0.306 e. The minimum Gasteiger partial charge on any atom is -0.508 e. The summed E-state index contributed by atoms with van der Waals surface area (Å²) in [6.07, 6.45) is 1.52. The highest BCUT2D eigenvalue weighted by atomic mass is 16.4. The molecule has 1 aromatic carbocycles. The fraction of sp³-hybridized carbons (Fsp3) is 0.462. The van der Waals surface area contributed by atoms with E-state index in [1.165, 1.54) is 0 Å². The molecule has 0 heterocycles. The number of carboxylic acids is 1. The monoisotopic (exact) mass is 222 g/mol. The number of hydrogen-bond acceptors (Lipinski definition) is 2. The van der Waals surface area contributed by atoms with Gasteiger partial charge in [-0.3, -0.25) is 4.79 Å². The summed E-state index contributed by atoms with van der Waals surface area (Å²) in [5.41, 5.74) is 1.13. The fourth-order valence-corrected chi connectivity index (χ4v) is 1.82. The molecule has 2 N–H and O–H groups in total. The van der Waals surface area contributed by atoms with Crippen molar-refractivity contribution >= 4 is 5.97 Å². The number of carbonyl (C=O) groups is 1. The van der Waals surface area contributed by atoms with Crippen LogP contribution >= 0.6 is 0 Å². The highest BCUT2D eigenvalue weighted by Crippen LogP contribution is 2.18. The summed E-state index contributed by atoms with van der Waals surface area (Å²) in [6.45, 7) is 3.78. The number of aliphatic carboxylic acids is 1. The summed E-state index contributed by atoms with van der Waals surface area (Å²) in [5, 5.41) is 17.9. The molecule has 1 aromatic rings. The molecule has 0 aromatic heterocycles. The molecule has 0 saturated carbocycles. The van der Waals surface area contributed by atoms with Crippen molar-refractivity contribution in [3.63, 3.8) is 0 Å². The van der Waals surface area contributed by atoms with Crippen molar-refractivity contribution in [1.29, 1.82) is 0 Å². The topological polar surface area (TPSA) is 57.5 Å². The third kappa shape index (κ3) is 3.93. The summed E-state index contributed by atoms with van der Waals surface area (Å²) >= 11 is 0. The predicted molar refractivity (Wildman–Crippen MR) is 62.4 cm³/mol. The van der Waals surface area contributed by atoms with E-state index in [9.17, 15) is 4.79 Å². The molecule has 0 radical (unpaired) electrons. The second-order valence-corrected chi connectivity index (χ2v) is 4.45. The molecule has 88 valence electrons. The van der Waals surface area contributed by atoms with Crippen LogP contribution < -0.4 is 0 Å². The van der Waals surface area contributed by atoms with Crippen molar-refractivity contribution in [1.82, 2.24) is 0 Å².